The van der Waals surface area contributed by atoms with E-state index in [-0.39, 0.29) is 12.4 Å². The van der Waals surface area contributed by atoms with Gasteiger partial charge in [0, 0.05) is 21.2 Å². The van der Waals surface area contributed by atoms with E-state index in [1.807, 2.05) is 42.5 Å². The standard InChI is InChI=1S/C26H35N3O4SSi/c1-35(2,3)16-15-28-26(30)19-29(34(28,31)32)24-12-11-21(9-10-22-13-14-27-18-22)17-25(24)33-20-23-7-5-4-6-8-23/h4-12,17,19,22,27,30H,13-16,18,20H2,1-3H3. The van der Waals surface area contributed by atoms with Crippen molar-refractivity contribution in [1.29, 1.82) is 0 Å². The van der Waals surface area contributed by atoms with Gasteiger partial charge in [0.2, 0.25) is 5.88 Å². The molecule has 0 spiro atoms. The summed E-state index contributed by atoms with van der Waals surface area (Å²) in [6, 6.07) is 16.0. The summed E-state index contributed by atoms with van der Waals surface area (Å²) in [5.74, 6) is 0.664. The number of aliphatic hydroxyl groups excluding tert-OH is 1. The van der Waals surface area contributed by atoms with Gasteiger partial charge in [0.05, 0.1) is 6.20 Å². The largest absolute Gasteiger partial charge is 0.493 e. The molecular weight excluding hydrogens is 478 g/mol. The fraction of sp³-hybridized carbons (Fsp3) is 0.385. The molecule has 0 bridgehead atoms. The maximum absolute atomic E-state index is 13.4. The first-order chi connectivity index (χ1) is 16.6. The van der Waals surface area contributed by atoms with E-state index in [0.29, 0.717) is 24.0 Å². The number of nitrogens with one attached hydrogen (secondary N) is 1. The van der Waals surface area contributed by atoms with Crippen molar-refractivity contribution >= 4 is 30.0 Å². The summed E-state index contributed by atoms with van der Waals surface area (Å²) >= 11 is 0. The van der Waals surface area contributed by atoms with Crippen molar-refractivity contribution in [2.75, 3.05) is 23.9 Å². The molecule has 1 unspecified atom stereocenters. The number of benzene rings is 2. The van der Waals surface area contributed by atoms with Crippen molar-refractivity contribution in [2.24, 2.45) is 5.92 Å². The van der Waals surface area contributed by atoms with Crippen LogP contribution in [0, 0.1) is 5.92 Å². The Bertz CT molecular complexity index is 1190. The molecule has 0 amide bonds. The Kier molecular flexibility index (Phi) is 7.58. The highest BCUT2D eigenvalue weighted by molar-refractivity contribution is 7.91. The van der Waals surface area contributed by atoms with Gasteiger partial charge in [-0.15, -0.1) is 0 Å². The SMILES string of the molecule is C[Si](C)(C)CCN1C(O)=CN(c2ccc(C=CC3CCNC3)cc2OCc2ccccc2)S1(=O)=O. The van der Waals surface area contributed by atoms with E-state index in [4.69, 9.17) is 4.74 Å². The first-order valence-electron chi connectivity index (χ1n) is 12.1. The first-order valence-corrected chi connectivity index (χ1v) is 17.2. The molecule has 7 nitrogen and oxygen atoms in total. The number of ether oxygens (including phenoxy) is 1. The van der Waals surface area contributed by atoms with Crippen LogP contribution in [0.4, 0.5) is 5.69 Å². The summed E-state index contributed by atoms with van der Waals surface area (Å²) in [6.07, 6.45) is 6.62. The average Bonchev–Trinajstić information content (AvgIpc) is 3.41. The number of anilines is 1. The van der Waals surface area contributed by atoms with Crippen molar-refractivity contribution in [1.82, 2.24) is 9.62 Å². The molecule has 2 aliphatic heterocycles. The number of hydrogen-bond donors (Lipinski definition) is 2. The van der Waals surface area contributed by atoms with Gasteiger partial charge in [-0.2, -0.15) is 8.42 Å². The van der Waals surface area contributed by atoms with Crippen LogP contribution in [0.5, 0.6) is 5.75 Å². The van der Waals surface area contributed by atoms with Gasteiger partial charge < -0.3 is 15.2 Å². The molecule has 0 aromatic heterocycles. The topological polar surface area (TPSA) is 82.1 Å². The minimum atomic E-state index is -3.96. The lowest BCUT2D eigenvalue weighted by Gasteiger charge is -2.25. The maximum Gasteiger partial charge on any atom is 0.332 e. The van der Waals surface area contributed by atoms with Crippen molar-refractivity contribution in [3.05, 3.63) is 77.8 Å². The Morgan fingerprint density at radius 1 is 1.17 bits per heavy atom. The monoisotopic (exact) mass is 513 g/mol. The molecule has 1 saturated heterocycles. The highest BCUT2D eigenvalue weighted by atomic mass is 32.2. The molecule has 188 valence electrons. The zero-order chi connectivity index (χ0) is 25.1. The van der Waals surface area contributed by atoms with Crippen molar-refractivity contribution in [3.63, 3.8) is 0 Å². The fourth-order valence-corrected chi connectivity index (χ4v) is 6.58. The molecule has 35 heavy (non-hydrogen) atoms. The molecule has 2 aromatic carbocycles. The minimum absolute atomic E-state index is 0.257. The Hall–Kier alpha value is -2.75. The van der Waals surface area contributed by atoms with E-state index in [0.717, 1.165) is 45.3 Å². The molecule has 1 atom stereocenters. The van der Waals surface area contributed by atoms with Gasteiger partial charge in [-0.25, -0.2) is 8.61 Å². The lowest BCUT2D eigenvalue weighted by Crippen LogP contribution is -2.37. The summed E-state index contributed by atoms with van der Waals surface area (Å²) < 4.78 is 35.2. The van der Waals surface area contributed by atoms with E-state index < -0.39 is 18.3 Å². The van der Waals surface area contributed by atoms with Crippen LogP contribution in [0.25, 0.3) is 6.08 Å². The lowest BCUT2D eigenvalue weighted by molar-refractivity contribution is 0.294. The van der Waals surface area contributed by atoms with Crippen molar-refractivity contribution in [2.45, 2.75) is 38.7 Å². The molecule has 2 N–H and O–H groups in total. The molecule has 1 fully saturated rings. The van der Waals surface area contributed by atoms with Gasteiger partial charge in [0.1, 0.15) is 18.0 Å². The number of aliphatic hydroxyl groups is 1. The zero-order valence-corrected chi connectivity index (χ0v) is 22.5. The fourth-order valence-electron chi connectivity index (χ4n) is 4.08. The van der Waals surface area contributed by atoms with E-state index in [1.54, 1.807) is 6.07 Å². The van der Waals surface area contributed by atoms with Crippen LogP contribution in [0.1, 0.15) is 17.5 Å². The molecule has 0 aliphatic carbocycles. The molecule has 4 rings (SSSR count). The summed E-state index contributed by atoms with van der Waals surface area (Å²) in [7, 11) is -5.46. The smallest absolute Gasteiger partial charge is 0.332 e. The normalized spacial score (nSPS) is 20.0. The number of nitrogens with zero attached hydrogens (tertiary/aromatic N) is 2. The predicted molar refractivity (Wildman–Crippen MR) is 144 cm³/mol. The Morgan fingerprint density at radius 3 is 2.63 bits per heavy atom. The lowest BCUT2D eigenvalue weighted by atomic mass is 10.1. The zero-order valence-electron chi connectivity index (χ0n) is 20.6. The summed E-state index contributed by atoms with van der Waals surface area (Å²) in [4.78, 5) is 0. The molecular formula is C26H35N3O4SSi. The predicted octanol–water partition coefficient (Wildman–Crippen LogP) is 4.95. The highest BCUT2D eigenvalue weighted by Gasteiger charge is 2.39. The number of hydrogen-bond acceptors (Lipinski definition) is 5. The highest BCUT2D eigenvalue weighted by Crippen LogP contribution is 2.38. The molecule has 2 aliphatic rings. The van der Waals surface area contributed by atoms with Crippen LogP contribution in [0.15, 0.2) is 66.7 Å². The van der Waals surface area contributed by atoms with Gasteiger partial charge in [-0.3, -0.25) is 0 Å². The van der Waals surface area contributed by atoms with Crippen molar-refractivity contribution in [3.8, 4) is 5.75 Å². The van der Waals surface area contributed by atoms with E-state index in [9.17, 15) is 13.5 Å². The third kappa shape index (κ3) is 6.28. The number of rotatable bonds is 9. The average molecular weight is 514 g/mol. The van der Waals surface area contributed by atoms with E-state index >= 15 is 0 Å². The molecule has 9 heteroatoms. The second kappa shape index (κ2) is 10.5. The van der Waals surface area contributed by atoms with Crippen LogP contribution in [-0.4, -0.2) is 45.5 Å². The van der Waals surface area contributed by atoms with Gasteiger partial charge >= 0.3 is 10.2 Å². The molecule has 0 saturated carbocycles. The van der Waals surface area contributed by atoms with Crippen LogP contribution in [0.2, 0.25) is 25.7 Å². The van der Waals surface area contributed by atoms with Crippen molar-refractivity contribution < 1.29 is 18.3 Å². The van der Waals surface area contributed by atoms with Gasteiger partial charge in [-0.05, 0) is 48.2 Å². The van der Waals surface area contributed by atoms with Crippen LogP contribution in [-0.2, 0) is 16.8 Å². The summed E-state index contributed by atoms with van der Waals surface area (Å²) in [6.45, 7) is 9.09. The van der Waals surface area contributed by atoms with Gasteiger partial charge in [0.15, 0.2) is 0 Å². The second-order valence-corrected chi connectivity index (χ2v) is 17.6. The van der Waals surface area contributed by atoms with E-state index in [1.165, 1.54) is 6.20 Å². The first kappa shape index (κ1) is 25.3. The quantitative estimate of drug-likeness (QED) is 0.464. The third-order valence-electron chi connectivity index (χ3n) is 6.20. The minimum Gasteiger partial charge on any atom is -0.493 e. The Morgan fingerprint density at radius 2 is 1.94 bits per heavy atom. The Balaban J connectivity index is 1.63. The van der Waals surface area contributed by atoms with Crippen LogP contribution >= 0.6 is 0 Å². The second-order valence-electron chi connectivity index (χ2n) is 10.3. The molecule has 0 radical (unpaired) electrons. The molecule has 2 aromatic rings. The van der Waals surface area contributed by atoms with E-state index in [2.05, 4.69) is 37.1 Å². The Labute approximate surface area is 209 Å². The third-order valence-corrected chi connectivity index (χ3v) is 9.65. The van der Waals surface area contributed by atoms with Gasteiger partial charge in [0.25, 0.3) is 0 Å². The van der Waals surface area contributed by atoms with Gasteiger partial charge in [-0.1, -0.05) is 68.2 Å². The summed E-state index contributed by atoms with van der Waals surface area (Å²) in [5.41, 5.74) is 2.29. The maximum atomic E-state index is 13.4. The summed E-state index contributed by atoms with van der Waals surface area (Å²) in [5, 5.41) is 13.9. The van der Waals surface area contributed by atoms with Crippen LogP contribution < -0.4 is 14.4 Å². The molecule has 2 heterocycles. The van der Waals surface area contributed by atoms with Crippen LogP contribution in [0.3, 0.4) is 0 Å².